The highest BCUT2D eigenvalue weighted by molar-refractivity contribution is 6.32. The van der Waals surface area contributed by atoms with Crippen molar-refractivity contribution in [3.05, 3.63) is 84.7 Å². The predicted molar refractivity (Wildman–Crippen MR) is 117 cm³/mol. The molecule has 6 nitrogen and oxygen atoms in total. The predicted octanol–water partition coefficient (Wildman–Crippen LogP) is 3.75. The van der Waals surface area contributed by atoms with Gasteiger partial charge in [-0.05, 0) is 31.9 Å². The molecule has 0 heterocycles. The molecule has 0 aliphatic heterocycles. The van der Waals surface area contributed by atoms with Gasteiger partial charge in [-0.25, -0.2) is 0 Å². The maximum Gasteiger partial charge on any atom is 0.249 e. The lowest BCUT2D eigenvalue weighted by atomic mass is 9.82. The zero-order chi connectivity index (χ0) is 21.7. The molecule has 30 heavy (non-hydrogen) atoms. The summed E-state index contributed by atoms with van der Waals surface area (Å²) < 4.78 is 0. The number of hydrogen-bond acceptors (Lipinski definition) is 6. The number of carbonyl (C=O) groups is 2. The van der Waals surface area contributed by atoms with Gasteiger partial charge in [0, 0.05) is 28.4 Å². The number of fused-ring (bicyclic) bond motifs is 2. The van der Waals surface area contributed by atoms with Gasteiger partial charge in [-0.1, -0.05) is 38.1 Å². The molecule has 2 N–H and O–H groups in total. The minimum atomic E-state index is -0.605. The van der Waals surface area contributed by atoms with E-state index in [0.717, 1.165) is 0 Å². The molecule has 3 aromatic rings. The molecule has 6 heteroatoms. The van der Waals surface area contributed by atoms with E-state index in [0.29, 0.717) is 28.1 Å². The Kier molecular flexibility index (Phi) is 4.65. The van der Waals surface area contributed by atoms with Gasteiger partial charge in [-0.15, -0.1) is 0 Å². The van der Waals surface area contributed by atoms with Crippen LogP contribution in [0.2, 0.25) is 0 Å². The van der Waals surface area contributed by atoms with Crippen LogP contribution in [0.4, 0.5) is 17.1 Å². The molecular formula is C24H22N2O4. The fourth-order valence-corrected chi connectivity index (χ4v) is 3.98. The van der Waals surface area contributed by atoms with Crippen LogP contribution in [0.3, 0.4) is 0 Å². The maximum absolute atomic E-state index is 13.4. The van der Waals surface area contributed by atoms with Crippen molar-refractivity contribution in [2.75, 3.05) is 10.6 Å². The Bertz CT molecular complexity index is 1280. The standard InChI is InChI=1S/C24H22N2O4/c1-11(2)17-20(24(30)23(17)29)26-16-10-9-15(25-12(3)4)18-19(16)22(28)14-8-6-5-7-13(14)21(18)27/h5-12,25-26H,1-4H3. The SMILES string of the molecule is CC(C)Nc1ccc(Nc2c(C(C)C)c(=O)c2=O)c2c1C(=O)c1ccccc1C2=O. The van der Waals surface area contributed by atoms with E-state index in [1.165, 1.54) is 0 Å². The van der Waals surface area contributed by atoms with Crippen molar-refractivity contribution in [3.63, 3.8) is 0 Å². The van der Waals surface area contributed by atoms with E-state index < -0.39 is 10.9 Å². The van der Waals surface area contributed by atoms with E-state index in [-0.39, 0.29) is 40.3 Å². The smallest absolute Gasteiger partial charge is 0.249 e. The Balaban J connectivity index is 1.92. The third-order valence-electron chi connectivity index (χ3n) is 5.30. The average Bonchev–Trinajstić information content (AvgIpc) is 2.71. The van der Waals surface area contributed by atoms with Crippen LogP contribution in [0, 0.1) is 0 Å². The molecule has 0 saturated carbocycles. The van der Waals surface area contributed by atoms with Crippen LogP contribution in [-0.2, 0) is 0 Å². The van der Waals surface area contributed by atoms with Crippen LogP contribution in [0.5, 0.6) is 0 Å². The highest BCUT2D eigenvalue weighted by Crippen LogP contribution is 2.38. The summed E-state index contributed by atoms with van der Waals surface area (Å²) in [6, 6.07) is 10.2. The van der Waals surface area contributed by atoms with Crippen molar-refractivity contribution < 1.29 is 9.59 Å². The first-order chi connectivity index (χ1) is 14.2. The van der Waals surface area contributed by atoms with Crippen molar-refractivity contribution in [1.82, 2.24) is 0 Å². The van der Waals surface area contributed by atoms with Crippen LogP contribution >= 0.6 is 0 Å². The van der Waals surface area contributed by atoms with E-state index in [4.69, 9.17) is 0 Å². The second-order valence-electron chi connectivity index (χ2n) is 8.14. The van der Waals surface area contributed by atoms with Gasteiger partial charge in [-0.2, -0.15) is 0 Å². The highest BCUT2D eigenvalue weighted by atomic mass is 16.2. The second kappa shape index (κ2) is 7.06. The maximum atomic E-state index is 13.4. The van der Waals surface area contributed by atoms with Crippen LogP contribution < -0.4 is 21.5 Å². The summed E-state index contributed by atoms with van der Waals surface area (Å²) in [7, 11) is 0. The van der Waals surface area contributed by atoms with Crippen LogP contribution in [-0.4, -0.2) is 17.6 Å². The highest BCUT2D eigenvalue weighted by Gasteiger charge is 2.35. The van der Waals surface area contributed by atoms with Gasteiger partial charge in [0.2, 0.25) is 10.9 Å². The molecule has 1 aliphatic carbocycles. The molecule has 0 amide bonds. The largest absolute Gasteiger partial charge is 0.382 e. The Morgan fingerprint density at radius 1 is 0.700 bits per heavy atom. The molecule has 1 aliphatic rings. The van der Waals surface area contributed by atoms with Crippen LogP contribution in [0.25, 0.3) is 0 Å². The van der Waals surface area contributed by atoms with Gasteiger partial charge in [-0.3, -0.25) is 19.2 Å². The molecule has 0 atom stereocenters. The molecule has 3 aromatic carbocycles. The van der Waals surface area contributed by atoms with E-state index >= 15 is 0 Å². The summed E-state index contributed by atoms with van der Waals surface area (Å²) >= 11 is 0. The molecule has 0 bridgehead atoms. The van der Waals surface area contributed by atoms with E-state index in [9.17, 15) is 19.2 Å². The quantitative estimate of drug-likeness (QED) is 0.494. The molecular weight excluding hydrogens is 380 g/mol. The number of carbonyl (C=O) groups excluding carboxylic acids is 2. The van der Waals surface area contributed by atoms with Crippen molar-refractivity contribution in [2.24, 2.45) is 0 Å². The minimum Gasteiger partial charge on any atom is -0.382 e. The second-order valence-corrected chi connectivity index (χ2v) is 8.14. The molecule has 4 rings (SSSR count). The number of ketones is 2. The molecule has 0 aromatic heterocycles. The summed E-state index contributed by atoms with van der Waals surface area (Å²) in [5.41, 5.74) is 1.58. The summed E-state index contributed by atoms with van der Waals surface area (Å²) in [5.74, 6) is -0.672. The fraction of sp³-hybridized carbons (Fsp3) is 0.250. The zero-order valence-corrected chi connectivity index (χ0v) is 17.3. The Labute approximate surface area is 173 Å². The lowest BCUT2D eigenvalue weighted by Crippen LogP contribution is -2.38. The van der Waals surface area contributed by atoms with Crippen molar-refractivity contribution >= 4 is 28.6 Å². The normalized spacial score (nSPS) is 13.0. The molecule has 0 radical (unpaired) electrons. The van der Waals surface area contributed by atoms with Crippen LogP contribution in [0.1, 0.15) is 71.0 Å². The van der Waals surface area contributed by atoms with E-state index in [2.05, 4.69) is 10.6 Å². The number of hydrogen-bond donors (Lipinski definition) is 2. The van der Waals surface area contributed by atoms with E-state index in [1.54, 1.807) is 36.4 Å². The molecule has 0 fully saturated rings. The Morgan fingerprint density at radius 3 is 1.77 bits per heavy atom. The fourth-order valence-electron chi connectivity index (χ4n) is 3.98. The van der Waals surface area contributed by atoms with Crippen molar-refractivity contribution in [3.8, 4) is 0 Å². The van der Waals surface area contributed by atoms with Crippen molar-refractivity contribution in [2.45, 2.75) is 39.7 Å². The first-order valence-electron chi connectivity index (χ1n) is 9.94. The monoisotopic (exact) mass is 402 g/mol. The third-order valence-corrected chi connectivity index (χ3v) is 5.30. The lowest BCUT2D eigenvalue weighted by Gasteiger charge is -2.25. The lowest BCUT2D eigenvalue weighted by molar-refractivity contribution is 0.0980. The van der Waals surface area contributed by atoms with Gasteiger partial charge < -0.3 is 10.6 Å². The van der Waals surface area contributed by atoms with Gasteiger partial charge in [0.1, 0.15) is 0 Å². The number of rotatable bonds is 5. The average molecular weight is 402 g/mol. The number of anilines is 3. The zero-order valence-electron chi connectivity index (χ0n) is 17.3. The minimum absolute atomic E-state index is 0.0501. The Morgan fingerprint density at radius 2 is 1.23 bits per heavy atom. The Hall–Kier alpha value is -3.54. The summed E-state index contributed by atoms with van der Waals surface area (Å²) in [4.78, 5) is 50.8. The van der Waals surface area contributed by atoms with E-state index in [1.807, 2.05) is 27.7 Å². The van der Waals surface area contributed by atoms with Crippen LogP contribution in [0.15, 0.2) is 46.0 Å². The van der Waals surface area contributed by atoms with Gasteiger partial charge in [0.05, 0.1) is 22.5 Å². The topological polar surface area (TPSA) is 92.3 Å². The third kappa shape index (κ3) is 2.87. The first-order valence-corrected chi connectivity index (χ1v) is 9.94. The molecule has 0 saturated heterocycles. The van der Waals surface area contributed by atoms with Gasteiger partial charge in [0.15, 0.2) is 11.6 Å². The molecule has 0 unspecified atom stereocenters. The summed E-state index contributed by atoms with van der Waals surface area (Å²) in [6.07, 6.45) is 0. The molecule has 152 valence electrons. The van der Waals surface area contributed by atoms with Gasteiger partial charge >= 0.3 is 0 Å². The number of benzene rings is 2. The van der Waals surface area contributed by atoms with Gasteiger partial charge in [0.25, 0.3) is 0 Å². The first kappa shape index (κ1) is 19.8. The summed E-state index contributed by atoms with van der Waals surface area (Å²) in [5, 5.41) is 6.22. The number of nitrogens with one attached hydrogen (secondary N) is 2. The molecule has 0 spiro atoms. The van der Waals surface area contributed by atoms with Crippen molar-refractivity contribution in [1.29, 1.82) is 0 Å². The summed E-state index contributed by atoms with van der Waals surface area (Å²) in [6.45, 7) is 7.55.